The van der Waals surface area contributed by atoms with Crippen molar-refractivity contribution < 1.29 is 23.8 Å². The third-order valence-corrected chi connectivity index (χ3v) is 5.41. The maximum absolute atomic E-state index is 12.4. The molecule has 1 N–H and O–H groups in total. The van der Waals surface area contributed by atoms with Gasteiger partial charge in [-0.25, -0.2) is 4.79 Å². The van der Waals surface area contributed by atoms with E-state index in [1.165, 1.54) is 0 Å². The summed E-state index contributed by atoms with van der Waals surface area (Å²) in [5, 5.41) is 2.84. The number of hydrogen-bond acceptors (Lipinski definition) is 5. The molecule has 1 aromatic carbocycles. The van der Waals surface area contributed by atoms with Crippen LogP contribution in [-0.4, -0.2) is 43.9 Å². The van der Waals surface area contributed by atoms with Crippen LogP contribution in [-0.2, 0) is 9.53 Å². The molecule has 0 spiro atoms. The Morgan fingerprint density at radius 1 is 1.24 bits per heavy atom. The van der Waals surface area contributed by atoms with E-state index >= 15 is 0 Å². The fourth-order valence-corrected chi connectivity index (χ4v) is 3.89. The standard InChI is InChI=1S/C22H32N2O5/c1-22(2,3)23-21(26)29-16-7-5-15(6-8-16)11-12-24-18-13-17(27-4)9-10-19(18)28-14-20(24)25/h9-10,13,15-16H,5-8,11-12,14H2,1-4H3,(H,23,26). The van der Waals surface area contributed by atoms with Gasteiger partial charge in [-0.1, -0.05) is 0 Å². The van der Waals surface area contributed by atoms with Crippen molar-refractivity contribution in [3.8, 4) is 11.5 Å². The molecule has 3 rings (SSSR count). The summed E-state index contributed by atoms with van der Waals surface area (Å²) in [7, 11) is 1.61. The Bertz CT molecular complexity index is 735. The van der Waals surface area contributed by atoms with Crippen LogP contribution in [0.25, 0.3) is 0 Å². The summed E-state index contributed by atoms with van der Waals surface area (Å²) in [4.78, 5) is 26.2. The summed E-state index contributed by atoms with van der Waals surface area (Å²) in [6, 6.07) is 5.54. The molecule has 0 radical (unpaired) electrons. The van der Waals surface area contributed by atoms with Crippen LogP contribution in [0.2, 0.25) is 0 Å². The summed E-state index contributed by atoms with van der Waals surface area (Å²) >= 11 is 0. The number of hydrogen-bond donors (Lipinski definition) is 1. The number of nitrogens with zero attached hydrogens (tertiary/aromatic N) is 1. The van der Waals surface area contributed by atoms with Crippen molar-refractivity contribution in [3.05, 3.63) is 18.2 Å². The first kappa shape index (κ1) is 21.3. The number of carbonyl (C=O) groups excluding carboxylic acids is 2. The first-order chi connectivity index (χ1) is 13.7. The van der Waals surface area contributed by atoms with Gasteiger partial charge in [0.15, 0.2) is 6.61 Å². The number of alkyl carbamates (subject to hydrolysis) is 1. The molecule has 0 bridgehead atoms. The Morgan fingerprint density at radius 3 is 2.62 bits per heavy atom. The van der Waals surface area contributed by atoms with Crippen LogP contribution in [0.4, 0.5) is 10.5 Å². The summed E-state index contributed by atoms with van der Waals surface area (Å²) in [5.41, 5.74) is 0.481. The second-order valence-electron chi connectivity index (χ2n) is 8.88. The number of methoxy groups -OCH3 is 1. The van der Waals surface area contributed by atoms with Crippen molar-refractivity contribution in [3.63, 3.8) is 0 Å². The highest BCUT2D eigenvalue weighted by molar-refractivity contribution is 5.98. The first-order valence-electron chi connectivity index (χ1n) is 10.3. The number of ether oxygens (including phenoxy) is 3. The molecule has 29 heavy (non-hydrogen) atoms. The van der Waals surface area contributed by atoms with Crippen molar-refractivity contribution in [2.24, 2.45) is 5.92 Å². The number of rotatable bonds is 5. The molecule has 2 aliphatic rings. The molecular formula is C22H32N2O5. The normalized spacial score (nSPS) is 21.8. The zero-order valence-corrected chi connectivity index (χ0v) is 17.8. The summed E-state index contributed by atoms with van der Waals surface area (Å²) < 4.78 is 16.4. The van der Waals surface area contributed by atoms with Crippen LogP contribution in [0.3, 0.4) is 0 Å². The molecule has 2 amide bonds. The number of benzene rings is 1. The zero-order chi connectivity index (χ0) is 21.0. The predicted octanol–water partition coefficient (Wildman–Crippen LogP) is 3.89. The van der Waals surface area contributed by atoms with Gasteiger partial charge in [-0.05, 0) is 70.9 Å². The quantitative estimate of drug-likeness (QED) is 0.806. The Kier molecular flexibility index (Phi) is 6.55. The van der Waals surface area contributed by atoms with E-state index in [9.17, 15) is 9.59 Å². The molecule has 1 aliphatic carbocycles. The molecule has 7 heteroatoms. The van der Waals surface area contributed by atoms with Crippen LogP contribution in [0.15, 0.2) is 18.2 Å². The van der Waals surface area contributed by atoms with Crippen LogP contribution in [0.1, 0.15) is 52.9 Å². The lowest BCUT2D eigenvalue weighted by Crippen LogP contribution is -2.43. The number of nitrogens with one attached hydrogen (secondary N) is 1. The molecule has 1 heterocycles. The molecule has 1 aromatic rings. The minimum atomic E-state index is -0.342. The van der Waals surface area contributed by atoms with E-state index in [2.05, 4.69) is 5.32 Å². The van der Waals surface area contributed by atoms with E-state index in [1.54, 1.807) is 12.0 Å². The van der Waals surface area contributed by atoms with Crippen molar-refractivity contribution in [1.29, 1.82) is 0 Å². The lowest BCUT2D eigenvalue weighted by Gasteiger charge is -2.33. The van der Waals surface area contributed by atoms with Gasteiger partial charge >= 0.3 is 6.09 Å². The highest BCUT2D eigenvalue weighted by Crippen LogP contribution is 2.36. The van der Waals surface area contributed by atoms with Gasteiger partial charge in [-0.2, -0.15) is 0 Å². The molecule has 1 saturated carbocycles. The SMILES string of the molecule is COc1ccc2c(c1)N(CCC1CCC(OC(=O)NC(C)(C)C)CC1)C(=O)CO2. The number of fused-ring (bicyclic) bond motifs is 1. The highest BCUT2D eigenvalue weighted by Gasteiger charge is 2.29. The Hall–Kier alpha value is -2.44. The van der Waals surface area contributed by atoms with Gasteiger partial charge in [0.1, 0.15) is 17.6 Å². The summed E-state index contributed by atoms with van der Waals surface area (Å²) in [6.45, 7) is 6.54. The monoisotopic (exact) mass is 404 g/mol. The van der Waals surface area contributed by atoms with Crippen molar-refractivity contribution in [2.45, 2.75) is 64.5 Å². The van der Waals surface area contributed by atoms with Gasteiger partial charge in [0.2, 0.25) is 0 Å². The molecule has 1 fully saturated rings. The molecule has 1 aliphatic heterocycles. The molecule has 0 unspecified atom stereocenters. The Morgan fingerprint density at radius 2 is 1.97 bits per heavy atom. The average molecular weight is 405 g/mol. The van der Waals surface area contributed by atoms with E-state index in [4.69, 9.17) is 14.2 Å². The number of amides is 2. The summed E-state index contributed by atoms with van der Waals surface area (Å²) in [6.07, 6.45) is 4.28. The lowest BCUT2D eigenvalue weighted by atomic mass is 9.85. The van der Waals surface area contributed by atoms with Gasteiger partial charge in [0, 0.05) is 18.2 Å². The van der Waals surface area contributed by atoms with Crippen LogP contribution >= 0.6 is 0 Å². The smallest absolute Gasteiger partial charge is 0.407 e. The zero-order valence-electron chi connectivity index (χ0n) is 17.8. The highest BCUT2D eigenvalue weighted by atomic mass is 16.6. The van der Waals surface area contributed by atoms with Gasteiger partial charge in [0.05, 0.1) is 12.8 Å². The number of anilines is 1. The minimum absolute atomic E-state index is 0.0244. The summed E-state index contributed by atoms with van der Waals surface area (Å²) in [5.74, 6) is 1.91. The van der Waals surface area contributed by atoms with Crippen molar-refractivity contribution in [1.82, 2.24) is 5.32 Å². The second-order valence-corrected chi connectivity index (χ2v) is 8.88. The molecule has 0 saturated heterocycles. The van der Waals surface area contributed by atoms with Gasteiger partial charge < -0.3 is 24.4 Å². The molecule has 160 valence electrons. The van der Waals surface area contributed by atoms with Crippen LogP contribution in [0.5, 0.6) is 11.5 Å². The number of carbonyl (C=O) groups is 2. The third-order valence-electron chi connectivity index (χ3n) is 5.41. The third kappa shape index (κ3) is 5.78. The van der Waals surface area contributed by atoms with Gasteiger partial charge in [-0.15, -0.1) is 0 Å². The lowest BCUT2D eigenvalue weighted by molar-refractivity contribution is -0.121. The van der Waals surface area contributed by atoms with Gasteiger partial charge in [0.25, 0.3) is 5.91 Å². The second kappa shape index (κ2) is 8.93. The minimum Gasteiger partial charge on any atom is -0.497 e. The van der Waals surface area contributed by atoms with Crippen LogP contribution in [0, 0.1) is 5.92 Å². The molecule has 0 atom stereocenters. The topological polar surface area (TPSA) is 77.1 Å². The van der Waals surface area contributed by atoms with E-state index < -0.39 is 0 Å². The van der Waals surface area contributed by atoms with E-state index in [-0.39, 0.29) is 30.3 Å². The average Bonchev–Trinajstić information content (AvgIpc) is 2.66. The van der Waals surface area contributed by atoms with E-state index in [0.717, 1.165) is 37.8 Å². The fraction of sp³-hybridized carbons (Fsp3) is 0.636. The predicted molar refractivity (Wildman–Crippen MR) is 111 cm³/mol. The van der Waals surface area contributed by atoms with Crippen molar-refractivity contribution in [2.75, 3.05) is 25.2 Å². The maximum Gasteiger partial charge on any atom is 0.407 e. The Labute approximate surface area is 172 Å². The maximum atomic E-state index is 12.4. The fourth-order valence-electron chi connectivity index (χ4n) is 3.89. The first-order valence-corrected chi connectivity index (χ1v) is 10.3. The Balaban J connectivity index is 1.50. The van der Waals surface area contributed by atoms with Crippen molar-refractivity contribution >= 4 is 17.7 Å². The van der Waals surface area contributed by atoms with Gasteiger partial charge in [-0.3, -0.25) is 4.79 Å². The largest absolute Gasteiger partial charge is 0.497 e. The van der Waals surface area contributed by atoms with E-state index in [1.807, 2.05) is 39.0 Å². The molecule has 0 aromatic heterocycles. The molecular weight excluding hydrogens is 372 g/mol. The van der Waals surface area contributed by atoms with Crippen LogP contribution < -0.4 is 19.7 Å². The molecule has 7 nitrogen and oxygen atoms in total. The van der Waals surface area contributed by atoms with E-state index in [0.29, 0.717) is 24.0 Å².